The van der Waals surface area contributed by atoms with E-state index in [-0.39, 0.29) is 6.04 Å². The topological polar surface area (TPSA) is 49.3 Å². The van der Waals surface area contributed by atoms with E-state index < -0.39 is 5.97 Å². The van der Waals surface area contributed by atoms with Crippen LogP contribution in [0.15, 0.2) is 0 Å². The van der Waals surface area contributed by atoms with Crippen LogP contribution in [0, 0.1) is 12.3 Å². The predicted octanol–water partition coefficient (Wildman–Crippen LogP) is 0.995. The summed E-state index contributed by atoms with van der Waals surface area (Å²) in [7, 11) is 0. The first-order valence-electron chi connectivity index (χ1n) is 4.66. The molecule has 0 saturated carbocycles. The van der Waals surface area contributed by atoms with Crippen molar-refractivity contribution in [2.24, 2.45) is 0 Å². The van der Waals surface area contributed by atoms with Crippen LogP contribution < -0.4 is 5.32 Å². The van der Waals surface area contributed by atoms with Crippen molar-refractivity contribution in [3.63, 3.8) is 0 Å². The van der Waals surface area contributed by atoms with E-state index in [0.717, 1.165) is 32.1 Å². The molecule has 1 heterocycles. The van der Waals surface area contributed by atoms with Crippen LogP contribution in [-0.2, 0) is 4.79 Å². The Bertz CT molecular complexity index is 219. The maximum atomic E-state index is 10.6. The minimum absolute atomic E-state index is 0.337. The van der Waals surface area contributed by atoms with Crippen molar-refractivity contribution in [2.75, 3.05) is 0 Å². The van der Waals surface area contributed by atoms with Crippen LogP contribution in [0.1, 0.15) is 32.1 Å². The maximum absolute atomic E-state index is 10.6. The molecule has 3 heteroatoms. The Morgan fingerprint density at radius 3 is 2.92 bits per heavy atom. The molecule has 2 unspecified atom stereocenters. The van der Waals surface area contributed by atoms with E-state index in [2.05, 4.69) is 11.2 Å². The number of unbranched alkanes of at least 4 members (excludes halogenated alkanes) is 1. The largest absolute Gasteiger partial charge is 0.480 e. The fraction of sp³-hybridized carbons (Fsp3) is 0.700. The molecule has 72 valence electrons. The standard InChI is InChI=1S/C10H15NO2/c1-2-3-4-5-8-6-7-9(11-8)10(12)13/h1,8-9,11H,3-7H2,(H,12,13). The molecule has 0 aromatic rings. The zero-order valence-electron chi connectivity index (χ0n) is 7.62. The second kappa shape index (κ2) is 4.88. The number of carboxylic acids is 1. The van der Waals surface area contributed by atoms with Gasteiger partial charge in [0.25, 0.3) is 0 Å². The molecule has 2 N–H and O–H groups in total. The predicted molar refractivity (Wildman–Crippen MR) is 50.3 cm³/mol. The van der Waals surface area contributed by atoms with Crippen LogP contribution in [0.2, 0.25) is 0 Å². The van der Waals surface area contributed by atoms with E-state index in [4.69, 9.17) is 11.5 Å². The second-order valence-electron chi connectivity index (χ2n) is 3.43. The van der Waals surface area contributed by atoms with Gasteiger partial charge in [-0.15, -0.1) is 12.3 Å². The van der Waals surface area contributed by atoms with Crippen LogP contribution in [-0.4, -0.2) is 23.2 Å². The van der Waals surface area contributed by atoms with Crippen molar-refractivity contribution in [1.29, 1.82) is 0 Å². The van der Waals surface area contributed by atoms with Crippen LogP contribution in [0.4, 0.5) is 0 Å². The molecular weight excluding hydrogens is 166 g/mol. The van der Waals surface area contributed by atoms with Crippen molar-refractivity contribution in [1.82, 2.24) is 5.32 Å². The molecule has 13 heavy (non-hydrogen) atoms. The number of carboxylic acid groups (broad SMARTS) is 1. The molecule has 2 atom stereocenters. The first-order valence-corrected chi connectivity index (χ1v) is 4.66. The minimum atomic E-state index is -0.737. The summed E-state index contributed by atoms with van der Waals surface area (Å²) in [6.07, 6.45) is 9.60. The van der Waals surface area contributed by atoms with Gasteiger partial charge in [-0.2, -0.15) is 0 Å². The highest BCUT2D eigenvalue weighted by molar-refractivity contribution is 5.73. The third-order valence-electron chi connectivity index (χ3n) is 2.41. The van der Waals surface area contributed by atoms with Gasteiger partial charge in [-0.3, -0.25) is 4.79 Å². The van der Waals surface area contributed by atoms with Crippen molar-refractivity contribution >= 4 is 5.97 Å². The maximum Gasteiger partial charge on any atom is 0.320 e. The Kier molecular flexibility index (Phi) is 3.78. The lowest BCUT2D eigenvalue weighted by Gasteiger charge is -2.10. The number of nitrogens with one attached hydrogen (secondary N) is 1. The fourth-order valence-corrected chi connectivity index (χ4v) is 1.69. The lowest BCUT2D eigenvalue weighted by Crippen LogP contribution is -2.35. The Hall–Kier alpha value is -1.01. The molecule has 1 saturated heterocycles. The summed E-state index contributed by atoms with van der Waals surface area (Å²) < 4.78 is 0. The smallest absolute Gasteiger partial charge is 0.320 e. The SMILES string of the molecule is C#CCCCC1CCC(C(=O)O)N1. The van der Waals surface area contributed by atoms with Gasteiger partial charge < -0.3 is 10.4 Å². The van der Waals surface area contributed by atoms with Gasteiger partial charge in [0, 0.05) is 12.5 Å². The third kappa shape index (κ3) is 3.08. The zero-order chi connectivity index (χ0) is 9.68. The molecule has 1 rings (SSSR count). The van der Waals surface area contributed by atoms with Crippen molar-refractivity contribution in [3.8, 4) is 12.3 Å². The van der Waals surface area contributed by atoms with Gasteiger partial charge in [-0.1, -0.05) is 0 Å². The molecule has 3 nitrogen and oxygen atoms in total. The molecule has 0 aromatic heterocycles. The summed E-state index contributed by atoms with van der Waals surface area (Å²) in [5.41, 5.74) is 0. The van der Waals surface area contributed by atoms with Gasteiger partial charge in [-0.05, 0) is 25.7 Å². The number of hydrogen-bond donors (Lipinski definition) is 2. The molecule has 0 aliphatic carbocycles. The second-order valence-corrected chi connectivity index (χ2v) is 3.43. The van der Waals surface area contributed by atoms with E-state index in [1.807, 2.05) is 0 Å². The Morgan fingerprint density at radius 2 is 2.38 bits per heavy atom. The molecular formula is C10H15NO2. The van der Waals surface area contributed by atoms with Gasteiger partial charge in [0.2, 0.25) is 0 Å². The Labute approximate surface area is 78.5 Å². The summed E-state index contributed by atoms with van der Waals surface area (Å²) >= 11 is 0. The first-order chi connectivity index (χ1) is 6.24. The normalized spacial score (nSPS) is 27.0. The highest BCUT2D eigenvalue weighted by atomic mass is 16.4. The summed E-state index contributed by atoms with van der Waals surface area (Å²) in [6, 6.07) is 0.0188. The molecule has 0 bridgehead atoms. The van der Waals surface area contributed by atoms with Gasteiger partial charge in [0.1, 0.15) is 6.04 Å². The summed E-state index contributed by atoms with van der Waals surface area (Å²) in [4.78, 5) is 10.6. The lowest BCUT2D eigenvalue weighted by atomic mass is 10.1. The van der Waals surface area contributed by atoms with E-state index >= 15 is 0 Å². The van der Waals surface area contributed by atoms with E-state index in [9.17, 15) is 4.79 Å². The quantitative estimate of drug-likeness (QED) is 0.502. The minimum Gasteiger partial charge on any atom is -0.480 e. The third-order valence-corrected chi connectivity index (χ3v) is 2.41. The average Bonchev–Trinajstić information content (AvgIpc) is 2.53. The highest BCUT2D eigenvalue weighted by Gasteiger charge is 2.27. The Balaban J connectivity index is 2.18. The molecule has 0 aromatic carbocycles. The van der Waals surface area contributed by atoms with Crippen LogP contribution in [0.25, 0.3) is 0 Å². The summed E-state index contributed by atoms with van der Waals surface area (Å²) in [5.74, 6) is 1.84. The molecule has 1 aliphatic rings. The summed E-state index contributed by atoms with van der Waals surface area (Å²) in [6.45, 7) is 0. The van der Waals surface area contributed by atoms with Crippen LogP contribution >= 0.6 is 0 Å². The van der Waals surface area contributed by atoms with Crippen molar-refractivity contribution in [3.05, 3.63) is 0 Å². The van der Waals surface area contributed by atoms with Crippen molar-refractivity contribution in [2.45, 2.75) is 44.2 Å². The van der Waals surface area contributed by atoms with Crippen LogP contribution in [0.3, 0.4) is 0 Å². The van der Waals surface area contributed by atoms with Gasteiger partial charge in [0.15, 0.2) is 0 Å². The fourth-order valence-electron chi connectivity index (χ4n) is 1.69. The van der Waals surface area contributed by atoms with Gasteiger partial charge in [-0.25, -0.2) is 0 Å². The van der Waals surface area contributed by atoms with E-state index in [0.29, 0.717) is 6.04 Å². The molecule has 1 fully saturated rings. The average molecular weight is 181 g/mol. The lowest BCUT2D eigenvalue weighted by molar-refractivity contribution is -0.139. The highest BCUT2D eigenvalue weighted by Crippen LogP contribution is 2.16. The number of carbonyl (C=O) groups is 1. The number of terminal acetylenes is 1. The monoisotopic (exact) mass is 181 g/mol. The number of rotatable bonds is 4. The van der Waals surface area contributed by atoms with E-state index in [1.165, 1.54) is 0 Å². The van der Waals surface area contributed by atoms with Crippen LogP contribution in [0.5, 0.6) is 0 Å². The van der Waals surface area contributed by atoms with E-state index in [1.54, 1.807) is 0 Å². The molecule has 0 radical (unpaired) electrons. The Morgan fingerprint density at radius 1 is 1.62 bits per heavy atom. The number of aliphatic carboxylic acids is 1. The first kappa shape index (κ1) is 10.1. The summed E-state index contributed by atoms with van der Waals surface area (Å²) in [5, 5.41) is 11.8. The molecule has 0 amide bonds. The zero-order valence-corrected chi connectivity index (χ0v) is 7.62. The molecule has 1 aliphatic heterocycles. The molecule has 0 spiro atoms. The van der Waals surface area contributed by atoms with Crippen molar-refractivity contribution < 1.29 is 9.90 Å². The number of hydrogen-bond acceptors (Lipinski definition) is 2. The van der Waals surface area contributed by atoms with Gasteiger partial charge >= 0.3 is 5.97 Å². The van der Waals surface area contributed by atoms with Gasteiger partial charge in [0.05, 0.1) is 0 Å².